The molecule has 2 fully saturated rings. The maximum absolute atomic E-state index is 12.7. The first-order valence-electron chi connectivity index (χ1n) is 8.33. The van der Waals surface area contributed by atoms with Crippen LogP contribution in [0.2, 0.25) is 0 Å². The molecule has 3 rings (SSSR count). The van der Waals surface area contributed by atoms with Crippen molar-refractivity contribution in [3.8, 4) is 5.75 Å². The molecule has 0 bridgehead atoms. The molecule has 0 aromatic heterocycles. The van der Waals surface area contributed by atoms with Crippen molar-refractivity contribution in [3.63, 3.8) is 0 Å². The lowest BCUT2D eigenvalue weighted by atomic mass is 9.90. The number of piperidine rings is 1. The van der Waals surface area contributed by atoms with E-state index in [-0.39, 0.29) is 11.9 Å². The van der Waals surface area contributed by atoms with Gasteiger partial charge in [-0.2, -0.15) is 0 Å². The van der Waals surface area contributed by atoms with Gasteiger partial charge in [-0.05, 0) is 68.2 Å². The third-order valence-electron chi connectivity index (χ3n) is 5.06. The molecule has 1 unspecified atom stereocenters. The number of methoxy groups -OCH3 is 1. The summed E-state index contributed by atoms with van der Waals surface area (Å²) in [6.45, 7) is 3.69. The van der Waals surface area contributed by atoms with Gasteiger partial charge in [-0.25, -0.2) is 0 Å². The molecule has 4 nitrogen and oxygen atoms in total. The third-order valence-corrected chi connectivity index (χ3v) is 5.06. The van der Waals surface area contributed by atoms with Crippen molar-refractivity contribution in [2.75, 3.05) is 20.2 Å². The quantitative estimate of drug-likeness (QED) is 0.930. The summed E-state index contributed by atoms with van der Waals surface area (Å²) in [5.74, 6) is 2.18. The van der Waals surface area contributed by atoms with Gasteiger partial charge in [-0.3, -0.25) is 4.79 Å². The highest BCUT2D eigenvalue weighted by Crippen LogP contribution is 2.44. The number of rotatable bonds is 4. The van der Waals surface area contributed by atoms with E-state index in [0.29, 0.717) is 11.8 Å². The number of hydrogen-bond donors (Lipinski definition) is 1. The van der Waals surface area contributed by atoms with Crippen LogP contribution in [0.5, 0.6) is 5.75 Å². The lowest BCUT2D eigenvalue weighted by Gasteiger charge is -2.33. The molecule has 4 heteroatoms. The number of benzene rings is 1. The van der Waals surface area contributed by atoms with Gasteiger partial charge in [0.05, 0.1) is 7.11 Å². The van der Waals surface area contributed by atoms with Crippen LogP contribution in [0.15, 0.2) is 18.2 Å². The summed E-state index contributed by atoms with van der Waals surface area (Å²) in [6, 6.07) is 6.09. The summed E-state index contributed by atoms with van der Waals surface area (Å²) in [5, 5.41) is 0. The monoisotopic (exact) mass is 302 g/mol. The van der Waals surface area contributed by atoms with E-state index < -0.39 is 0 Å². The van der Waals surface area contributed by atoms with E-state index in [9.17, 15) is 4.79 Å². The molecule has 1 amide bonds. The summed E-state index contributed by atoms with van der Waals surface area (Å²) in [4.78, 5) is 14.7. The Kier molecular flexibility index (Phi) is 4.39. The summed E-state index contributed by atoms with van der Waals surface area (Å²) in [5.41, 5.74) is 7.96. The van der Waals surface area contributed by atoms with Crippen molar-refractivity contribution >= 4 is 5.91 Å². The molecule has 1 aliphatic carbocycles. The first-order chi connectivity index (χ1) is 10.6. The lowest BCUT2D eigenvalue weighted by Crippen LogP contribution is -2.42. The van der Waals surface area contributed by atoms with Crippen molar-refractivity contribution in [1.82, 2.24) is 4.90 Å². The minimum atomic E-state index is 0.146. The highest BCUT2D eigenvalue weighted by atomic mass is 16.5. The van der Waals surface area contributed by atoms with E-state index in [4.69, 9.17) is 10.5 Å². The molecule has 1 saturated carbocycles. The van der Waals surface area contributed by atoms with Crippen molar-refractivity contribution in [1.29, 1.82) is 0 Å². The van der Waals surface area contributed by atoms with Crippen molar-refractivity contribution in [2.24, 2.45) is 11.7 Å². The average Bonchev–Trinajstić information content (AvgIpc) is 3.38. The highest BCUT2D eigenvalue weighted by molar-refractivity contribution is 5.94. The number of ether oxygens (including phenoxy) is 1. The summed E-state index contributed by atoms with van der Waals surface area (Å²) in [6.07, 6.45) is 4.42. The molecule has 1 heterocycles. The van der Waals surface area contributed by atoms with Gasteiger partial charge >= 0.3 is 0 Å². The largest absolute Gasteiger partial charge is 0.496 e. The van der Waals surface area contributed by atoms with Crippen LogP contribution in [0.1, 0.15) is 54.4 Å². The van der Waals surface area contributed by atoms with Gasteiger partial charge in [0.2, 0.25) is 0 Å². The average molecular weight is 302 g/mol. The standard InChI is InChI=1S/C18H26N2O2/c1-12(19)13-7-9-20(10-8-13)18(21)15-5-6-17(22-2)16(11-15)14-3-4-14/h5-6,11-14H,3-4,7-10,19H2,1-2H3. The zero-order valence-electron chi connectivity index (χ0n) is 13.5. The van der Waals surface area contributed by atoms with Crippen LogP contribution in [0.25, 0.3) is 0 Å². The Labute approximate surface area is 132 Å². The molecule has 1 saturated heterocycles. The maximum atomic E-state index is 12.7. The van der Waals surface area contributed by atoms with Crippen LogP contribution in [0.4, 0.5) is 0 Å². The fraction of sp³-hybridized carbons (Fsp3) is 0.611. The predicted molar refractivity (Wildman–Crippen MR) is 87.2 cm³/mol. The van der Waals surface area contributed by atoms with Crippen LogP contribution < -0.4 is 10.5 Å². The van der Waals surface area contributed by atoms with E-state index in [1.54, 1.807) is 7.11 Å². The number of nitrogens with two attached hydrogens (primary N) is 1. The molecule has 0 radical (unpaired) electrons. The minimum absolute atomic E-state index is 0.146. The fourth-order valence-corrected chi connectivity index (χ4v) is 3.39. The van der Waals surface area contributed by atoms with Crippen molar-refractivity contribution < 1.29 is 9.53 Å². The van der Waals surface area contributed by atoms with Gasteiger partial charge in [0.1, 0.15) is 5.75 Å². The summed E-state index contributed by atoms with van der Waals surface area (Å²) >= 11 is 0. The number of likely N-dealkylation sites (tertiary alicyclic amines) is 1. The first-order valence-corrected chi connectivity index (χ1v) is 8.33. The van der Waals surface area contributed by atoms with Gasteiger partial charge in [-0.1, -0.05) is 0 Å². The van der Waals surface area contributed by atoms with Crippen LogP contribution >= 0.6 is 0 Å². The topological polar surface area (TPSA) is 55.6 Å². The second-order valence-corrected chi connectivity index (χ2v) is 6.72. The molecule has 1 atom stereocenters. The third kappa shape index (κ3) is 3.12. The highest BCUT2D eigenvalue weighted by Gasteiger charge is 2.29. The normalized spacial score (nSPS) is 20.8. The zero-order valence-corrected chi connectivity index (χ0v) is 13.5. The van der Waals surface area contributed by atoms with Gasteiger partial charge in [0.15, 0.2) is 0 Å². The van der Waals surface area contributed by atoms with Crippen molar-refractivity contribution in [3.05, 3.63) is 29.3 Å². The second-order valence-electron chi connectivity index (χ2n) is 6.72. The first kappa shape index (κ1) is 15.3. The Morgan fingerprint density at radius 2 is 1.95 bits per heavy atom. The Morgan fingerprint density at radius 3 is 2.50 bits per heavy atom. The summed E-state index contributed by atoms with van der Waals surface area (Å²) < 4.78 is 5.43. The van der Waals surface area contributed by atoms with Gasteiger partial charge in [-0.15, -0.1) is 0 Å². The molecule has 1 aromatic rings. The zero-order chi connectivity index (χ0) is 15.7. The van der Waals surface area contributed by atoms with Crippen LogP contribution in [0, 0.1) is 5.92 Å². The number of amides is 1. The van der Waals surface area contributed by atoms with Crippen molar-refractivity contribution in [2.45, 2.75) is 44.6 Å². The predicted octanol–water partition coefficient (Wildman–Crippen LogP) is 2.77. The minimum Gasteiger partial charge on any atom is -0.496 e. The molecule has 0 spiro atoms. The molecule has 2 aliphatic rings. The number of hydrogen-bond acceptors (Lipinski definition) is 3. The fourth-order valence-electron chi connectivity index (χ4n) is 3.39. The van der Waals surface area contributed by atoms with E-state index >= 15 is 0 Å². The number of carbonyl (C=O) groups excluding carboxylic acids is 1. The van der Waals surface area contributed by atoms with Crippen LogP contribution in [0.3, 0.4) is 0 Å². The van der Waals surface area contributed by atoms with E-state index in [2.05, 4.69) is 6.92 Å². The molecule has 2 N–H and O–H groups in total. The van der Waals surface area contributed by atoms with Gasteiger partial charge < -0.3 is 15.4 Å². The van der Waals surface area contributed by atoms with E-state index in [1.807, 2.05) is 23.1 Å². The van der Waals surface area contributed by atoms with Crippen LogP contribution in [-0.2, 0) is 0 Å². The SMILES string of the molecule is COc1ccc(C(=O)N2CCC(C(C)N)CC2)cc1C1CC1. The molecular formula is C18H26N2O2. The maximum Gasteiger partial charge on any atom is 0.253 e. The Balaban J connectivity index is 1.71. The van der Waals surface area contributed by atoms with Gasteiger partial charge in [0.25, 0.3) is 5.91 Å². The Morgan fingerprint density at radius 1 is 1.27 bits per heavy atom. The Bertz CT molecular complexity index is 544. The molecule has 120 valence electrons. The van der Waals surface area contributed by atoms with E-state index in [0.717, 1.165) is 37.2 Å². The summed E-state index contributed by atoms with van der Waals surface area (Å²) in [7, 11) is 1.70. The lowest BCUT2D eigenvalue weighted by molar-refractivity contribution is 0.0681. The Hall–Kier alpha value is -1.55. The second kappa shape index (κ2) is 6.29. The molecule has 1 aromatic carbocycles. The number of nitrogens with zero attached hydrogens (tertiary/aromatic N) is 1. The molecular weight excluding hydrogens is 276 g/mol. The van der Waals surface area contributed by atoms with Gasteiger partial charge in [0, 0.05) is 24.7 Å². The van der Waals surface area contributed by atoms with Crippen LogP contribution in [-0.4, -0.2) is 37.0 Å². The van der Waals surface area contributed by atoms with E-state index in [1.165, 1.54) is 18.4 Å². The number of carbonyl (C=O) groups is 1. The molecule has 22 heavy (non-hydrogen) atoms. The molecule has 1 aliphatic heterocycles. The smallest absolute Gasteiger partial charge is 0.253 e.